The van der Waals surface area contributed by atoms with Gasteiger partial charge in [0, 0.05) is 12.8 Å². The van der Waals surface area contributed by atoms with E-state index in [-0.39, 0.29) is 18.5 Å². The quantitative estimate of drug-likeness (QED) is 0.0322. The molecule has 1 amide bonds. The highest BCUT2D eigenvalue weighted by molar-refractivity contribution is 5.76. The Morgan fingerprint density at radius 1 is 0.458 bits per heavy atom. The Kier molecular flexibility index (Phi) is 48.1. The third-order valence-electron chi connectivity index (χ3n) is 12.3. The highest BCUT2D eigenvalue weighted by atomic mass is 16.5. The lowest BCUT2D eigenvalue weighted by Gasteiger charge is -2.22. The Balaban J connectivity index is 3.42. The number of ether oxygens (including phenoxy) is 1. The van der Waals surface area contributed by atoms with E-state index in [9.17, 15) is 19.8 Å². The number of carbonyl (C=O) groups excluding carboxylic acids is 2. The average Bonchev–Trinajstić information content (AvgIpc) is 3.24. The molecule has 0 fully saturated rings. The first-order valence-corrected chi connectivity index (χ1v) is 26.4. The highest BCUT2D eigenvalue weighted by Crippen LogP contribution is 2.16. The lowest BCUT2D eigenvalue weighted by molar-refractivity contribution is -0.143. The van der Waals surface area contributed by atoms with Crippen LogP contribution in [0.1, 0.15) is 290 Å². The standard InChI is InChI=1S/C53H103NO5/c1-3-5-7-9-11-13-15-16-17-18-19-20-21-22-27-31-35-39-43-47-53(58)59-48-44-40-36-32-28-24-23-26-30-34-38-42-46-52(57)54-50(49-55)51(56)45-41-37-33-29-25-14-12-10-8-6-4-2/h16-17,50-51,55-56H,3-15,18-49H2,1-2H3,(H,54,57)/b17-16-. The fourth-order valence-electron chi connectivity index (χ4n) is 8.22. The van der Waals surface area contributed by atoms with Gasteiger partial charge in [-0.15, -0.1) is 0 Å². The van der Waals surface area contributed by atoms with E-state index in [0.29, 0.717) is 25.9 Å². The van der Waals surface area contributed by atoms with E-state index in [2.05, 4.69) is 31.3 Å². The van der Waals surface area contributed by atoms with Gasteiger partial charge in [0.2, 0.25) is 5.91 Å². The molecule has 0 aromatic carbocycles. The first-order chi connectivity index (χ1) is 29.0. The third kappa shape index (κ3) is 45.9. The minimum atomic E-state index is -0.672. The molecule has 0 radical (unpaired) electrons. The van der Waals surface area contributed by atoms with Gasteiger partial charge in [0.15, 0.2) is 0 Å². The summed E-state index contributed by atoms with van der Waals surface area (Å²) in [7, 11) is 0. The topological polar surface area (TPSA) is 95.9 Å². The maximum atomic E-state index is 12.4. The Morgan fingerprint density at radius 2 is 0.797 bits per heavy atom. The molecule has 2 atom stereocenters. The van der Waals surface area contributed by atoms with Crippen molar-refractivity contribution in [2.24, 2.45) is 0 Å². The number of hydrogen-bond acceptors (Lipinski definition) is 5. The van der Waals surface area contributed by atoms with Crippen molar-refractivity contribution in [3.8, 4) is 0 Å². The maximum Gasteiger partial charge on any atom is 0.305 e. The van der Waals surface area contributed by atoms with Crippen molar-refractivity contribution in [3.63, 3.8) is 0 Å². The zero-order valence-electron chi connectivity index (χ0n) is 39.7. The van der Waals surface area contributed by atoms with E-state index < -0.39 is 12.1 Å². The molecule has 6 heteroatoms. The summed E-state index contributed by atoms with van der Waals surface area (Å²) in [5.41, 5.74) is 0. The molecular formula is C53H103NO5. The molecule has 59 heavy (non-hydrogen) atoms. The van der Waals surface area contributed by atoms with Gasteiger partial charge < -0.3 is 20.3 Å². The number of aliphatic hydroxyl groups excluding tert-OH is 2. The summed E-state index contributed by atoms with van der Waals surface area (Å²) in [5.74, 6) is -0.0605. The van der Waals surface area contributed by atoms with E-state index in [0.717, 1.165) is 57.8 Å². The van der Waals surface area contributed by atoms with Crippen LogP contribution in [0.25, 0.3) is 0 Å². The number of unbranched alkanes of at least 4 members (excludes halogenated alkanes) is 36. The summed E-state index contributed by atoms with van der Waals surface area (Å²) in [6.07, 6.45) is 56.1. The summed E-state index contributed by atoms with van der Waals surface area (Å²) >= 11 is 0. The number of hydrogen-bond donors (Lipinski definition) is 3. The number of amides is 1. The molecule has 0 bridgehead atoms. The van der Waals surface area contributed by atoms with Gasteiger partial charge in [-0.05, 0) is 51.4 Å². The van der Waals surface area contributed by atoms with Crippen molar-refractivity contribution in [1.82, 2.24) is 5.32 Å². The van der Waals surface area contributed by atoms with Crippen molar-refractivity contribution in [3.05, 3.63) is 12.2 Å². The predicted molar refractivity (Wildman–Crippen MR) is 255 cm³/mol. The third-order valence-corrected chi connectivity index (χ3v) is 12.3. The van der Waals surface area contributed by atoms with Gasteiger partial charge >= 0.3 is 5.97 Å². The van der Waals surface area contributed by atoms with E-state index in [4.69, 9.17) is 4.74 Å². The van der Waals surface area contributed by atoms with Gasteiger partial charge in [-0.1, -0.05) is 238 Å². The fraction of sp³-hybridized carbons (Fsp3) is 0.925. The second kappa shape index (κ2) is 49.3. The number of aliphatic hydroxyl groups is 2. The highest BCUT2D eigenvalue weighted by Gasteiger charge is 2.20. The number of nitrogens with one attached hydrogen (secondary N) is 1. The molecule has 0 heterocycles. The number of allylic oxidation sites excluding steroid dienone is 2. The van der Waals surface area contributed by atoms with E-state index in [1.807, 2.05) is 0 Å². The Morgan fingerprint density at radius 3 is 1.20 bits per heavy atom. The van der Waals surface area contributed by atoms with Crippen LogP contribution in [0.2, 0.25) is 0 Å². The molecular weight excluding hydrogens is 731 g/mol. The van der Waals surface area contributed by atoms with Crippen molar-refractivity contribution >= 4 is 11.9 Å². The molecule has 0 aliphatic carbocycles. The van der Waals surface area contributed by atoms with E-state index in [1.165, 1.54) is 199 Å². The Bertz CT molecular complexity index is 878. The summed E-state index contributed by atoms with van der Waals surface area (Å²) in [6, 6.07) is -0.551. The first kappa shape index (κ1) is 57.6. The SMILES string of the molecule is CCCCCCCC/C=C\CCCCCCCCCCCC(=O)OCCCCCCCCCCCCCCC(=O)NC(CO)C(O)CCCCCCCCCCCCC. The molecule has 0 rings (SSSR count). The fourth-order valence-corrected chi connectivity index (χ4v) is 8.22. The van der Waals surface area contributed by atoms with Crippen molar-refractivity contribution in [2.45, 2.75) is 302 Å². The van der Waals surface area contributed by atoms with Gasteiger partial charge in [-0.3, -0.25) is 9.59 Å². The van der Waals surface area contributed by atoms with Gasteiger partial charge in [0.1, 0.15) is 0 Å². The van der Waals surface area contributed by atoms with Crippen molar-refractivity contribution in [2.75, 3.05) is 13.2 Å². The summed E-state index contributed by atoms with van der Waals surface area (Å²) in [6.45, 7) is 4.91. The summed E-state index contributed by atoms with van der Waals surface area (Å²) < 4.78 is 5.47. The number of esters is 1. The van der Waals surface area contributed by atoms with Gasteiger partial charge in [0.05, 0.1) is 25.4 Å². The molecule has 0 spiro atoms. The monoisotopic (exact) mass is 834 g/mol. The average molecular weight is 834 g/mol. The van der Waals surface area contributed by atoms with Crippen LogP contribution >= 0.6 is 0 Å². The largest absolute Gasteiger partial charge is 0.466 e. The second-order valence-electron chi connectivity index (χ2n) is 18.2. The molecule has 0 saturated heterocycles. The van der Waals surface area contributed by atoms with Crippen LogP contribution in [0.15, 0.2) is 12.2 Å². The molecule has 3 N–H and O–H groups in total. The molecule has 0 aliphatic heterocycles. The maximum absolute atomic E-state index is 12.4. The predicted octanol–water partition coefficient (Wildman–Crippen LogP) is 15.7. The molecule has 350 valence electrons. The lowest BCUT2D eigenvalue weighted by atomic mass is 10.0. The smallest absolute Gasteiger partial charge is 0.305 e. The van der Waals surface area contributed by atoms with Crippen LogP contribution in [-0.2, 0) is 14.3 Å². The number of rotatable bonds is 49. The minimum absolute atomic E-state index is 0.00955. The molecule has 0 saturated carbocycles. The van der Waals surface area contributed by atoms with Gasteiger partial charge in [0.25, 0.3) is 0 Å². The summed E-state index contributed by atoms with van der Waals surface area (Å²) in [5, 5.41) is 23.1. The Labute approximate surface area is 368 Å². The molecule has 6 nitrogen and oxygen atoms in total. The van der Waals surface area contributed by atoms with Crippen LogP contribution in [0, 0.1) is 0 Å². The van der Waals surface area contributed by atoms with Crippen LogP contribution in [0.4, 0.5) is 0 Å². The summed E-state index contributed by atoms with van der Waals surface area (Å²) in [4.78, 5) is 24.5. The Hall–Kier alpha value is -1.40. The second-order valence-corrected chi connectivity index (χ2v) is 18.2. The van der Waals surface area contributed by atoms with Crippen molar-refractivity contribution < 1.29 is 24.5 Å². The lowest BCUT2D eigenvalue weighted by Crippen LogP contribution is -2.45. The molecule has 0 aliphatic rings. The van der Waals surface area contributed by atoms with Crippen LogP contribution in [0.5, 0.6) is 0 Å². The minimum Gasteiger partial charge on any atom is -0.466 e. The molecule has 0 aromatic rings. The van der Waals surface area contributed by atoms with Gasteiger partial charge in [-0.2, -0.15) is 0 Å². The zero-order chi connectivity index (χ0) is 43.0. The van der Waals surface area contributed by atoms with Crippen molar-refractivity contribution in [1.29, 1.82) is 0 Å². The molecule has 2 unspecified atom stereocenters. The first-order valence-electron chi connectivity index (χ1n) is 26.4. The molecule has 0 aromatic heterocycles. The van der Waals surface area contributed by atoms with E-state index >= 15 is 0 Å². The normalized spacial score (nSPS) is 12.7. The van der Waals surface area contributed by atoms with E-state index in [1.54, 1.807) is 0 Å². The van der Waals surface area contributed by atoms with Crippen LogP contribution < -0.4 is 5.32 Å². The van der Waals surface area contributed by atoms with Gasteiger partial charge in [-0.25, -0.2) is 0 Å². The van der Waals surface area contributed by atoms with Crippen LogP contribution in [-0.4, -0.2) is 47.4 Å². The van der Waals surface area contributed by atoms with Crippen LogP contribution in [0.3, 0.4) is 0 Å². The zero-order valence-corrected chi connectivity index (χ0v) is 39.7. The number of carbonyl (C=O) groups is 2.